The molecular weight excluding hydrogens is 288 g/mol. The maximum atomic E-state index is 12.3. The van der Waals surface area contributed by atoms with E-state index in [1.807, 2.05) is 26.0 Å². The molecule has 0 aromatic heterocycles. The summed E-state index contributed by atoms with van der Waals surface area (Å²) < 4.78 is 11.0. The minimum absolute atomic E-state index is 0.0386. The number of para-hydroxylation sites is 1. The van der Waals surface area contributed by atoms with E-state index in [9.17, 15) is 4.79 Å². The molecule has 1 heterocycles. The van der Waals surface area contributed by atoms with Gasteiger partial charge >= 0.3 is 0 Å². The Labute approximate surface area is 130 Å². The molecule has 2 N–H and O–H groups in total. The van der Waals surface area contributed by atoms with E-state index < -0.39 is 0 Å². The second-order valence-corrected chi connectivity index (χ2v) is 6.00. The first-order valence-corrected chi connectivity index (χ1v) is 7.22. The number of carbonyl (C=O) groups is 1. The van der Waals surface area contributed by atoms with Crippen molar-refractivity contribution in [2.45, 2.75) is 19.4 Å². The Morgan fingerprint density at radius 1 is 1.48 bits per heavy atom. The van der Waals surface area contributed by atoms with E-state index in [1.54, 1.807) is 17.0 Å². The summed E-state index contributed by atoms with van der Waals surface area (Å²) in [7, 11) is 0. The second kappa shape index (κ2) is 6.41. The minimum Gasteiger partial charge on any atom is -0.483 e. The SMILES string of the molecule is CC1(C)COCCN1C(=O)COc1ccccc1C(N)=S. The average molecular weight is 308 g/mol. The van der Waals surface area contributed by atoms with Crippen molar-refractivity contribution in [2.24, 2.45) is 5.73 Å². The first kappa shape index (κ1) is 15.7. The molecule has 114 valence electrons. The first-order valence-electron chi connectivity index (χ1n) is 6.81. The number of benzene rings is 1. The Bertz CT molecular complexity index is 545. The summed E-state index contributed by atoms with van der Waals surface area (Å²) in [5, 5.41) is 0. The molecule has 6 heteroatoms. The Balaban J connectivity index is 2.03. The van der Waals surface area contributed by atoms with Gasteiger partial charge in [0.25, 0.3) is 5.91 Å². The van der Waals surface area contributed by atoms with Gasteiger partial charge in [-0.15, -0.1) is 0 Å². The largest absolute Gasteiger partial charge is 0.483 e. The standard InChI is InChI=1S/C15H20N2O3S/c1-15(2)10-19-8-7-17(15)13(18)9-20-12-6-4-3-5-11(12)14(16)21/h3-6H,7-10H2,1-2H3,(H2,16,21). The van der Waals surface area contributed by atoms with Crippen molar-refractivity contribution in [1.29, 1.82) is 0 Å². The van der Waals surface area contributed by atoms with Gasteiger partial charge in [0.1, 0.15) is 10.7 Å². The Morgan fingerprint density at radius 2 is 2.19 bits per heavy atom. The molecular formula is C15H20N2O3S. The number of carbonyl (C=O) groups excluding carboxylic acids is 1. The molecule has 0 radical (unpaired) electrons. The van der Waals surface area contributed by atoms with Gasteiger partial charge in [-0.1, -0.05) is 24.4 Å². The zero-order valence-electron chi connectivity index (χ0n) is 12.3. The Morgan fingerprint density at radius 3 is 2.86 bits per heavy atom. The lowest BCUT2D eigenvalue weighted by Crippen LogP contribution is -2.56. The van der Waals surface area contributed by atoms with Gasteiger partial charge in [0.2, 0.25) is 0 Å². The number of thiocarbonyl (C=S) groups is 1. The molecule has 2 rings (SSSR count). The number of ether oxygens (including phenoxy) is 2. The fourth-order valence-electron chi connectivity index (χ4n) is 2.33. The van der Waals surface area contributed by atoms with Crippen molar-refractivity contribution in [3.05, 3.63) is 29.8 Å². The third-order valence-corrected chi connectivity index (χ3v) is 3.67. The van der Waals surface area contributed by atoms with Crippen molar-refractivity contribution >= 4 is 23.1 Å². The van der Waals surface area contributed by atoms with E-state index in [-0.39, 0.29) is 23.0 Å². The number of nitrogens with two attached hydrogens (primary N) is 1. The Kier molecular flexibility index (Phi) is 4.80. The van der Waals surface area contributed by atoms with Gasteiger partial charge in [0.15, 0.2) is 6.61 Å². The van der Waals surface area contributed by atoms with Crippen LogP contribution in [0.25, 0.3) is 0 Å². The quantitative estimate of drug-likeness (QED) is 0.850. The van der Waals surface area contributed by atoms with Crippen LogP contribution in [0.3, 0.4) is 0 Å². The van der Waals surface area contributed by atoms with Crippen LogP contribution in [0.15, 0.2) is 24.3 Å². The molecule has 0 atom stereocenters. The molecule has 1 amide bonds. The molecule has 1 saturated heterocycles. The Hall–Kier alpha value is -1.66. The lowest BCUT2D eigenvalue weighted by Gasteiger charge is -2.42. The zero-order chi connectivity index (χ0) is 15.5. The van der Waals surface area contributed by atoms with Crippen LogP contribution in [0.4, 0.5) is 0 Å². The van der Waals surface area contributed by atoms with Gasteiger partial charge in [-0.05, 0) is 26.0 Å². The molecule has 1 aromatic rings. The minimum atomic E-state index is -0.318. The summed E-state index contributed by atoms with van der Waals surface area (Å²) in [5.41, 5.74) is 5.97. The molecule has 0 aliphatic carbocycles. The maximum absolute atomic E-state index is 12.3. The summed E-state index contributed by atoms with van der Waals surface area (Å²) >= 11 is 4.98. The number of amides is 1. The topological polar surface area (TPSA) is 64.8 Å². The van der Waals surface area contributed by atoms with Gasteiger partial charge in [-0.25, -0.2) is 0 Å². The molecule has 1 aliphatic rings. The molecule has 1 fully saturated rings. The molecule has 1 aromatic carbocycles. The maximum Gasteiger partial charge on any atom is 0.261 e. The molecule has 5 nitrogen and oxygen atoms in total. The molecule has 21 heavy (non-hydrogen) atoms. The predicted molar refractivity (Wildman–Crippen MR) is 84.4 cm³/mol. The van der Waals surface area contributed by atoms with E-state index in [1.165, 1.54) is 0 Å². The van der Waals surface area contributed by atoms with E-state index in [2.05, 4.69) is 0 Å². The first-order chi connectivity index (χ1) is 9.92. The molecule has 0 spiro atoms. The average Bonchev–Trinajstić information content (AvgIpc) is 2.44. The summed E-state index contributed by atoms with van der Waals surface area (Å²) in [6.45, 7) is 5.58. The van der Waals surface area contributed by atoms with Gasteiger partial charge in [-0.2, -0.15) is 0 Å². The van der Waals surface area contributed by atoms with Crippen LogP contribution in [-0.2, 0) is 9.53 Å². The monoisotopic (exact) mass is 308 g/mol. The van der Waals surface area contributed by atoms with Gasteiger partial charge in [-0.3, -0.25) is 4.79 Å². The van der Waals surface area contributed by atoms with Crippen molar-refractivity contribution in [2.75, 3.05) is 26.4 Å². The molecule has 0 saturated carbocycles. The van der Waals surface area contributed by atoms with E-state index in [0.717, 1.165) is 0 Å². The van der Waals surface area contributed by atoms with Crippen molar-refractivity contribution in [1.82, 2.24) is 4.90 Å². The summed E-state index contributed by atoms with van der Waals surface area (Å²) in [5.74, 6) is 0.463. The smallest absolute Gasteiger partial charge is 0.261 e. The fourth-order valence-corrected chi connectivity index (χ4v) is 2.50. The van der Waals surface area contributed by atoms with Crippen LogP contribution in [0.5, 0.6) is 5.75 Å². The van der Waals surface area contributed by atoms with Crippen LogP contribution in [0, 0.1) is 0 Å². The third kappa shape index (κ3) is 3.71. The van der Waals surface area contributed by atoms with Gasteiger partial charge < -0.3 is 20.1 Å². The third-order valence-electron chi connectivity index (χ3n) is 3.45. The van der Waals surface area contributed by atoms with Gasteiger partial charge in [0.05, 0.1) is 24.3 Å². The van der Waals surface area contributed by atoms with Crippen LogP contribution >= 0.6 is 12.2 Å². The fraction of sp³-hybridized carbons (Fsp3) is 0.467. The number of morpholine rings is 1. The van der Waals surface area contributed by atoms with E-state index in [4.69, 9.17) is 27.4 Å². The predicted octanol–water partition coefficient (Wildman–Crippen LogP) is 1.34. The van der Waals surface area contributed by atoms with Crippen molar-refractivity contribution in [3.63, 3.8) is 0 Å². The van der Waals surface area contributed by atoms with Crippen LogP contribution < -0.4 is 10.5 Å². The van der Waals surface area contributed by atoms with Gasteiger partial charge in [0, 0.05) is 6.54 Å². The number of rotatable bonds is 4. The van der Waals surface area contributed by atoms with Crippen LogP contribution in [0.1, 0.15) is 19.4 Å². The number of nitrogens with zero attached hydrogens (tertiary/aromatic N) is 1. The van der Waals surface area contributed by atoms with Crippen LogP contribution in [0.2, 0.25) is 0 Å². The van der Waals surface area contributed by atoms with Crippen molar-refractivity contribution < 1.29 is 14.3 Å². The summed E-state index contributed by atoms with van der Waals surface area (Å²) in [6, 6.07) is 7.18. The highest BCUT2D eigenvalue weighted by molar-refractivity contribution is 7.80. The highest BCUT2D eigenvalue weighted by Crippen LogP contribution is 2.21. The highest BCUT2D eigenvalue weighted by Gasteiger charge is 2.34. The molecule has 1 aliphatic heterocycles. The number of hydrogen-bond acceptors (Lipinski definition) is 4. The summed E-state index contributed by atoms with van der Waals surface area (Å²) in [6.07, 6.45) is 0. The molecule has 0 unspecified atom stereocenters. The zero-order valence-corrected chi connectivity index (χ0v) is 13.1. The summed E-state index contributed by atoms with van der Waals surface area (Å²) in [4.78, 5) is 14.4. The second-order valence-electron chi connectivity index (χ2n) is 5.56. The van der Waals surface area contributed by atoms with E-state index in [0.29, 0.717) is 31.1 Å². The lowest BCUT2D eigenvalue weighted by atomic mass is 10.0. The van der Waals surface area contributed by atoms with E-state index >= 15 is 0 Å². The van der Waals surface area contributed by atoms with Crippen molar-refractivity contribution in [3.8, 4) is 5.75 Å². The normalized spacial score (nSPS) is 17.3. The lowest BCUT2D eigenvalue weighted by molar-refractivity contribution is -0.148. The van der Waals surface area contributed by atoms with Crippen LogP contribution in [-0.4, -0.2) is 47.7 Å². The highest BCUT2D eigenvalue weighted by atomic mass is 32.1. The molecule has 0 bridgehead atoms. The number of hydrogen-bond donors (Lipinski definition) is 1.